The molecular weight excluding hydrogens is 490 g/mol. The molecular formula is C29H37NO8. The maximum absolute atomic E-state index is 13.4. The zero-order valence-corrected chi connectivity index (χ0v) is 23.1. The monoisotopic (exact) mass is 527 g/mol. The standard InChI is InChI=1S/C29H37NO8/c1-17(2)16-38-20-9-10-21(18(3)13-20)26(31)24-25(30(11-8-12-34-4)29(33)27(24)32)19-14-22(35-5)28(37-7)23(15-19)36-6/h9-10,13-15,17,25,31H,8,11-12,16H2,1-7H3/t25-/m0/s1. The topological polar surface area (TPSA) is 104 Å². The SMILES string of the molecule is COCCCN1C(=O)C(=O)C(=C(O)c2ccc(OCC(C)C)cc2C)[C@@H]1c1cc(OC)c(OC)c(OC)c1. The van der Waals surface area contributed by atoms with Gasteiger partial charge in [-0.1, -0.05) is 13.8 Å². The Hall–Kier alpha value is -3.72. The maximum Gasteiger partial charge on any atom is 0.295 e. The van der Waals surface area contributed by atoms with Gasteiger partial charge in [-0.25, -0.2) is 0 Å². The molecule has 1 aliphatic heterocycles. The van der Waals surface area contributed by atoms with Crippen LogP contribution in [0.1, 0.15) is 43.0 Å². The minimum absolute atomic E-state index is 0.0133. The van der Waals surface area contributed by atoms with E-state index in [1.807, 2.05) is 6.92 Å². The fourth-order valence-electron chi connectivity index (χ4n) is 4.50. The van der Waals surface area contributed by atoms with E-state index >= 15 is 0 Å². The third kappa shape index (κ3) is 5.88. The van der Waals surface area contributed by atoms with Gasteiger partial charge < -0.3 is 33.7 Å². The second-order valence-electron chi connectivity index (χ2n) is 9.48. The van der Waals surface area contributed by atoms with Crippen molar-refractivity contribution in [3.05, 3.63) is 52.6 Å². The number of methoxy groups -OCH3 is 4. The Bertz CT molecular complexity index is 1180. The number of likely N-dealkylation sites (tertiary alicyclic amines) is 1. The largest absolute Gasteiger partial charge is 0.507 e. The molecule has 1 saturated heterocycles. The van der Waals surface area contributed by atoms with E-state index in [1.54, 1.807) is 37.4 Å². The lowest BCUT2D eigenvalue weighted by Crippen LogP contribution is -2.31. The van der Waals surface area contributed by atoms with Crippen LogP contribution >= 0.6 is 0 Å². The van der Waals surface area contributed by atoms with Gasteiger partial charge >= 0.3 is 0 Å². The maximum atomic E-state index is 13.4. The van der Waals surface area contributed by atoms with Crippen LogP contribution in [-0.2, 0) is 14.3 Å². The van der Waals surface area contributed by atoms with E-state index in [1.165, 1.54) is 26.2 Å². The first kappa shape index (κ1) is 28.8. The van der Waals surface area contributed by atoms with Crippen molar-refractivity contribution in [2.45, 2.75) is 33.2 Å². The predicted octanol–water partition coefficient (Wildman–Crippen LogP) is 4.51. The van der Waals surface area contributed by atoms with Gasteiger partial charge in [0.1, 0.15) is 11.5 Å². The second-order valence-corrected chi connectivity index (χ2v) is 9.48. The van der Waals surface area contributed by atoms with Crippen LogP contribution < -0.4 is 18.9 Å². The van der Waals surface area contributed by atoms with Crippen molar-refractivity contribution >= 4 is 17.4 Å². The quantitative estimate of drug-likeness (QED) is 0.186. The Balaban J connectivity index is 2.18. The third-order valence-electron chi connectivity index (χ3n) is 6.33. The number of carbonyl (C=O) groups excluding carboxylic acids is 2. The number of Topliss-reactive ketones (excluding diaryl/α,β-unsaturated/α-hetero) is 1. The van der Waals surface area contributed by atoms with E-state index < -0.39 is 17.7 Å². The van der Waals surface area contributed by atoms with E-state index in [9.17, 15) is 14.7 Å². The molecule has 1 atom stereocenters. The molecule has 0 aromatic heterocycles. The molecule has 0 aliphatic carbocycles. The van der Waals surface area contributed by atoms with E-state index in [4.69, 9.17) is 23.7 Å². The average molecular weight is 528 g/mol. The molecule has 2 aromatic rings. The molecule has 1 aliphatic rings. The zero-order valence-electron chi connectivity index (χ0n) is 23.1. The number of nitrogens with zero attached hydrogens (tertiary/aromatic N) is 1. The minimum Gasteiger partial charge on any atom is -0.507 e. The zero-order chi connectivity index (χ0) is 28.0. The first-order valence-corrected chi connectivity index (χ1v) is 12.5. The van der Waals surface area contributed by atoms with Crippen LogP contribution in [0.3, 0.4) is 0 Å². The van der Waals surface area contributed by atoms with Gasteiger partial charge in [0.25, 0.3) is 11.7 Å². The lowest BCUT2D eigenvalue weighted by atomic mass is 9.93. The molecule has 1 amide bonds. The van der Waals surface area contributed by atoms with E-state index in [0.29, 0.717) is 65.2 Å². The molecule has 1 heterocycles. The lowest BCUT2D eigenvalue weighted by molar-refractivity contribution is -0.140. The van der Waals surface area contributed by atoms with Crippen molar-refractivity contribution in [1.29, 1.82) is 0 Å². The Morgan fingerprint density at radius 2 is 1.66 bits per heavy atom. The molecule has 206 valence electrons. The molecule has 0 saturated carbocycles. The van der Waals surface area contributed by atoms with Gasteiger partial charge in [0, 0.05) is 25.8 Å². The van der Waals surface area contributed by atoms with Crippen LogP contribution in [0.2, 0.25) is 0 Å². The third-order valence-corrected chi connectivity index (χ3v) is 6.33. The number of carbonyl (C=O) groups is 2. The highest BCUT2D eigenvalue weighted by Gasteiger charge is 2.46. The summed E-state index contributed by atoms with van der Waals surface area (Å²) >= 11 is 0. The number of aliphatic hydroxyl groups excluding tert-OH is 1. The van der Waals surface area contributed by atoms with Gasteiger partial charge in [-0.3, -0.25) is 9.59 Å². The Morgan fingerprint density at radius 1 is 1.00 bits per heavy atom. The van der Waals surface area contributed by atoms with E-state index in [-0.39, 0.29) is 17.9 Å². The number of rotatable bonds is 12. The highest BCUT2D eigenvalue weighted by atomic mass is 16.5. The lowest BCUT2D eigenvalue weighted by Gasteiger charge is -2.26. The molecule has 0 bridgehead atoms. The number of aliphatic hydroxyl groups is 1. The molecule has 1 N–H and O–H groups in total. The van der Waals surface area contributed by atoms with Crippen molar-refractivity contribution in [2.24, 2.45) is 5.92 Å². The van der Waals surface area contributed by atoms with Crippen molar-refractivity contribution < 1.29 is 38.4 Å². The summed E-state index contributed by atoms with van der Waals surface area (Å²) in [5.74, 6) is 0.408. The van der Waals surface area contributed by atoms with Crippen LogP contribution in [0.25, 0.3) is 5.76 Å². The number of hydrogen-bond donors (Lipinski definition) is 1. The average Bonchev–Trinajstić information content (AvgIpc) is 3.15. The molecule has 1 fully saturated rings. The van der Waals surface area contributed by atoms with Crippen LogP contribution in [0.15, 0.2) is 35.9 Å². The summed E-state index contributed by atoms with van der Waals surface area (Å²) in [5.41, 5.74) is 1.67. The molecule has 2 aromatic carbocycles. The number of benzene rings is 2. The molecule has 0 radical (unpaired) electrons. The highest BCUT2D eigenvalue weighted by Crippen LogP contribution is 2.46. The summed E-state index contributed by atoms with van der Waals surface area (Å²) < 4.78 is 27.4. The second kappa shape index (κ2) is 12.7. The normalized spacial score (nSPS) is 16.7. The van der Waals surface area contributed by atoms with Gasteiger partial charge in [0.15, 0.2) is 11.5 Å². The van der Waals surface area contributed by atoms with Crippen molar-refractivity contribution in [2.75, 3.05) is 48.2 Å². The number of ether oxygens (including phenoxy) is 5. The first-order chi connectivity index (χ1) is 18.2. The number of ketones is 1. The summed E-state index contributed by atoms with van der Waals surface area (Å²) in [6.45, 7) is 7.14. The molecule has 9 heteroatoms. The van der Waals surface area contributed by atoms with Crippen LogP contribution in [-0.4, -0.2) is 69.9 Å². The molecule has 0 spiro atoms. The molecule has 9 nitrogen and oxygen atoms in total. The number of aryl methyl sites for hydroxylation is 1. The van der Waals surface area contributed by atoms with Crippen molar-refractivity contribution in [1.82, 2.24) is 4.90 Å². The van der Waals surface area contributed by atoms with E-state index in [2.05, 4.69) is 13.8 Å². The van der Waals surface area contributed by atoms with Gasteiger partial charge in [-0.05, 0) is 60.7 Å². The molecule has 3 rings (SSSR count). The summed E-state index contributed by atoms with van der Waals surface area (Å²) in [6.07, 6.45) is 0.505. The molecule has 0 unspecified atom stereocenters. The van der Waals surface area contributed by atoms with Gasteiger partial charge in [0.05, 0.1) is 39.6 Å². The van der Waals surface area contributed by atoms with Crippen LogP contribution in [0.4, 0.5) is 0 Å². The van der Waals surface area contributed by atoms with Crippen molar-refractivity contribution in [3.8, 4) is 23.0 Å². The van der Waals surface area contributed by atoms with Gasteiger partial charge in [-0.2, -0.15) is 0 Å². The van der Waals surface area contributed by atoms with Gasteiger partial charge in [0.2, 0.25) is 5.75 Å². The van der Waals surface area contributed by atoms with E-state index in [0.717, 1.165) is 0 Å². The van der Waals surface area contributed by atoms with Crippen molar-refractivity contribution in [3.63, 3.8) is 0 Å². The Labute approximate surface area is 223 Å². The number of amides is 1. The number of hydrogen-bond acceptors (Lipinski definition) is 8. The highest BCUT2D eigenvalue weighted by molar-refractivity contribution is 6.46. The van der Waals surface area contributed by atoms with Crippen LogP contribution in [0, 0.1) is 12.8 Å². The summed E-state index contributed by atoms with van der Waals surface area (Å²) in [5, 5.41) is 11.5. The van der Waals surface area contributed by atoms with Crippen LogP contribution in [0.5, 0.6) is 23.0 Å². The fourth-order valence-corrected chi connectivity index (χ4v) is 4.50. The first-order valence-electron chi connectivity index (χ1n) is 12.5. The van der Waals surface area contributed by atoms with Gasteiger partial charge in [-0.15, -0.1) is 0 Å². The summed E-state index contributed by atoms with van der Waals surface area (Å²) in [7, 11) is 6.04. The Kier molecular flexibility index (Phi) is 9.63. The predicted molar refractivity (Wildman–Crippen MR) is 143 cm³/mol. The Morgan fingerprint density at radius 3 is 2.18 bits per heavy atom. The molecule has 38 heavy (non-hydrogen) atoms. The fraction of sp³-hybridized carbons (Fsp3) is 0.448. The smallest absolute Gasteiger partial charge is 0.295 e. The summed E-state index contributed by atoms with van der Waals surface area (Å²) in [4.78, 5) is 28.1. The summed E-state index contributed by atoms with van der Waals surface area (Å²) in [6, 6.07) is 7.74. The minimum atomic E-state index is -0.878.